The van der Waals surface area contributed by atoms with Gasteiger partial charge >= 0.3 is 0 Å². The van der Waals surface area contributed by atoms with Gasteiger partial charge in [0.2, 0.25) is 0 Å². The zero-order valence-electron chi connectivity index (χ0n) is 9.87. The summed E-state index contributed by atoms with van der Waals surface area (Å²) >= 11 is 0. The minimum absolute atomic E-state index is 0.0359. The van der Waals surface area contributed by atoms with Crippen molar-refractivity contribution in [1.82, 2.24) is 0 Å². The molecule has 0 aliphatic rings. The number of hydrogen-bond donors (Lipinski definition) is 0. The molecule has 0 aliphatic heterocycles. The second-order valence-electron chi connectivity index (χ2n) is 3.40. The Labute approximate surface area is 102 Å². The quantitative estimate of drug-likeness (QED) is 0.467. The van der Waals surface area contributed by atoms with E-state index in [0.29, 0.717) is 0 Å². The van der Waals surface area contributed by atoms with Crippen LogP contribution in [0.25, 0.3) is 0 Å². The first-order valence-corrected chi connectivity index (χ1v) is 10.1. The Balaban J connectivity index is 4.59. The summed E-state index contributed by atoms with van der Waals surface area (Å²) < 4.78 is 64.7. The Morgan fingerprint density at radius 3 is 2.06 bits per heavy atom. The fourth-order valence-electron chi connectivity index (χ4n) is 0.997. The van der Waals surface area contributed by atoms with E-state index in [0.717, 1.165) is 12.5 Å². The van der Waals surface area contributed by atoms with E-state index < -0.39 is 33.4 Å². The Hall–Kier alpha value is 0.0500. The van der Waals surface area contributed by atoms with Crippen LogP contribution in [0.1, 0.15) is 13.3 Å². The third-order valence-corrected chi connectivity index (χ3v) is 4.95. The molecule has 0 N–H and O–H groups in total. The molecule has 0 saturated heterocycles. The van der Waals surface area contributed by atoms with Gasteiger partial charge in [0, 0.05) is 12.4 Å². The molecule has 0 fully saturated rings. The van der Waals surface area contributed by atoms with Gasteiger partial charge in [-0.25, -0.2) is 8.42 Å². The monoisotopic (exact) mass is 308 g/mol. The first-order valence-electron chi connectivity index (χ1n) is 4.79. The van der Waals surface area contributed by atoms with Crippen LogP contribution in [0.15, 0.2) is 0 Å². The van der Waals surface area contributed by atoms with Gasteiger partial charge in [-0.3, -0.25) is 8.75 Å². The summed E-state index contributed by atoms with van der Waals surface area (Å²) in [6.07, 6.45) is 1.41. The fraction of sp³-hybridized carbons (Fsp3) is 1.00. The van der Waals surface area contributed by atoms with E-state index in [1.165, 1.54) is 0 Å². The molecule has 0 radical (unpaired) electrons. The molecule has 0 aromatic carbocycles. The maximum atomic E-state index is 11.3. The first kappa shape index (κ1) is 17.1. The summed E-state index contributed by atoms with van der Waals surface area (Å²) in [5.74, 6) is 0. The molecule has 0 aromatic rings. The SMILES string of the molecule is CCO[PH](=O)CCC(OS(C)(=O)=O)S(C)(=O)=O. The van der Waals surface area contributed by atoms with Crippen LogP contribution in [-0.2, 0) is 33.2 Å². The van der Waals surface area contributed by atoms with Gasteiger partial charge in [-0.1, -0.05) is 0 Å². The summed E-state index contributed by atoms with van der Waals surface area (Å²) in [6, 6.07) is 0. The first-order chi connectivity index (χ1) is 7.56. The molecule has 10 heteroatoms. The molecular weight excluding hydrogens is 291 g/mol. The van der Waals surface area contributed by atoms with Gasteiger partial charge in [0.15, 0.2) is 23.3 Å². The van der Waals surface area contributed by atoms with Crippen LogP contribution >= 0.6 is 8.03 Å². The van der Waals surface area contributed by atoms with Crippen molar-refractivity contribution in [2.24, 2.45) is 0 Å². The van der Waals surface area contributed by atoms with Crippen molar-refractivity contribution >= 4 is 28.0 Å². The standard InChI is InChI=1S/C7H17O7PS2/c1-4-13-15(8)6-5-7(16(2,9)10)14-17(3,11)12/h7,15H,4-6H2,1-3H3. The summed E-state index contributed by atoms with van der Waals surface area (Å²) in [6.45, 7) is 1.91. The van der Waals surface area contributed by atoms with Gasteiger partial charge in [-0.05, 0) is 13.3 Å². The Kier molecular flexibility index (Phi) is 6.86. The van der Waals surface area contributed by atoms with E-state index >= 15 is 0 Å². The van der Waals surface area contributed by atoms with Gasteiger partial charge in [0.05, 0.1) is 12.9 Å². The Morgan fingerprint density at radius 1 is 1.18 bits per heavy atom. The zero-order chi connectivity index (χ0) is 13.7. The predicted octanol–water partition coefficient (Wildman–Crippen LogP) is 0.235. The molecule has 0 amide bonds. The van der Waals surface area contributed by atoms with Crippen LogP contribution in [0.5, 0.6) is 0 Å². The third-order valence-electron chi connectivity index (χ3n) is 1.65. The summed E-state index contributed by atoms with van der Waals surface area (Å²) in [4.78, 5) is 0. The molecule has 0 aliphatic carbocycles. The largest absolute Gasteiger partial charge is 0.331 e. The molecule has 7 nitrogen and oxygen atoms in total. The number of rotatable bonds is 8. The second kappa shape index (κ2) is 6.84. The zero-order valence-corrected chi connectivity index (χ0v) is 12.5. The van der Waals surface area contributed by atoms with Crippen LogP contribution in [-0.4, -0.2) is 47.6 Å². The molecule has 0 spiro atoms. The summed E-state index contributed by atoms with van der Waals surface area (Å²) in [5.41, 5.74) is -1.51. The highest BCUT2D eigenvalue weighted by atomic mass is 32.2. The van der Waals surface area contributed by atoms with Gasteiger partial charge in [0.1, 0.15) is 0 Å². The van der Waals surface area contributed by atoms with Crippen LogP contribution in [0.4, 0.5) is 0 Å². The van der Waals surface area contributed by atoms with Gasteiger partial charge in [-0.2, -0.15) is 8.42 Å². The lowest BCUT2D eigenvalue weighted by atomic mass is 10.5. The van der Waals surface area contributed by atoms with Gasteiger partial charge in [-0.15, -0.1) is 0 Å². The third kappa shape index (κ3) is 8.73. The van der Waals surface area contributed by atoms with Crippen molar-refractivity contribution in [3.63, 3.8) is 0 Å². The van der Waals surface area contributed by atoms with E-state index in [1.807, 2.05) is 0 Å². The molecule has 0 heterocycles. The molecule has 0 bridgehead atoms. The molecule has 104 valence electrons. The lowest BCUT2D eigenvalue weighted by molar-refractivity contribution is 0.274. The topological polar surface area (TPSA) is 104 Å². The van der Waals surface area contributed by atoms with Crippen molar-refractivity contribution in [3.8, 4) is 0 Å². The van der Waals surface area contributed by atoms with Crippen LogP contribution in [0, 0.1) is 0 Å². The lowest BCUT2D eigenvalue weighted by Crippen LogP contribution is -2.27. The molecular formula is C7H17O7PS2. The normalized spacial score (nSPS) is 16.6. The van der Waals surface area contributed by atoms with Crippen molar-refractivity contribution < 1.29 is 30.1 Å². The van der Waals surface area contributed by atoms with E-state index in [-0.39, 0.29) is 19.2 Å². The maximum Gasteiger partial charge on any atom is 0.265 e. The van der Waals surface area contributed by atoms with Crippen LogP contribution in [0.2, 0.25) is 0 Å². The highest BCUT2D eigenvalue weighted by Gasteiger charge is 2.26. The molecule has 2 atom stereocenters. The van der Waals surface area contributed by atoms with Crippen molar-refractivity contribution in [1.29, 1.82) is 0 Å². The highest BCUT2D eigenvalue weighted by molar-refractivity contribution is 7.92. The predicted molar refractivity (Wildman–Crippen MR) is 64.7 cm³/mol. The number of hydrogen-bond acceptors (Lipinski definition) is 7. The summed E-state index contributed by atoms with van der Waals surface area (Å²) in [7, 11) is -9.90. The lowest BCUT2D eigenvalue weighted by Gasteiger charge is -2.13. The average Bonchev–Trinajstić information content (AvgIpc) is 2.09. The molecule has 0 rings (SSSR count). The smallest absolute Gasteiger partial charge is 0.265 e. The van der Waals surface area contributed by atoms with Crippen LogP contribution in [0.3, 0.4) is 0 Å². The van der Waals surface area contributed by atoms with Gasteiger partial charge < -0.3 is 4.52 Å². The molecule has 2 unspecified atom stereocenters. The van der Waals surface area contributed by atoms with Crippen molar-refractivity contribution in [2.75, 3.05) is 25.3 Å². The van der Waals surface area contributed by atoms with Crippen LogP contribution < -0.4 is 0 Å². The van der Waals surface area contributed by atoms with E-state index in [2.05, 4.69) is 4.18 Å². The minimum atomic E-state index is -3.88. The molecule has 0 aromatic heterocycles. The molecule has 17 heavy (non-hydrogen) atoms. The highest BCUT2D eigenvalue weighted by Crippen LogP contribution is 2.25. The summed E-state index contributed by atoms with van der Waals surface area (Å²) in [5, 5.41) is 0. The average molecular weight is 308 g/mol. The van der Waals surface area contributed by atoms with Crippen molar-refractivity contribution in [3.05, 3.63) is 0 Å². The number of sulfone groups is 1. The Morgan fingerprint density at radius 2 is 1.71 bits per heavy atom. The fourth-order valence-corrected chi connectivity index (χ4v) is 4.20. The molecule has 0 saturated carbocycles. The second-order valence-corrected chi connectivity index (χ2v) is 8.72. The van der Waals surface area contributed by atoms with E-state index in [1.54, 1.807) is 6.92 Å². The Bertz CT molecular complexity index is 453. The minimum Gasteiger partial charge on any atom is -0.331 e. The van der Waals surface area contributed by atoms with E-state index in [4.69, 9.17) is 4.52 Å². The maximum absolute atomic E-state index is 11.3. The van der Waals surface area contributed by atoms with Gasteiger partial charge in [0.25, 0.3) is 10.1 Å². The van der Waals surface area contributed by atoms with E-state index in [9.17, 15) is 21.4 Å². The van der Waals surface area contributed by atoms with Crippen molar-refractivity contribution in [2.45, 2.75) is 18.8 Å².